The molecule has 0 unspecified atom stereocenters. The molecule has 1 aromatic rings. The third-order valence-electron chi connectivity index (χ3n) is 3.08. The van der Waals surface area contributed by atoms with Gasteiger partial charge in [-0.25, -0.2) is 4.39 Å². The molecule has 1 aliphatic rings. The quantitative estimate of drug-likeness (QED) is 0.910. The molecule has 18 heavy (non-hydrogen) atoms. The van der Waals surface area contributed by atoms with Crippen LogP contribution in [0.3, 0.4) is 0 Å². The molecule has 0 aliphatic heterocycles. The molecule has 1 fully saturated rings. The van der Waals surface area contributed by atoms with Crippen LogP contribution in [-0.2, 0) is 11.2 Å². The van der Waals surface area contributed by atoms with Gasteiger partial charge in [-0.15, -0.1) is 0 Å². The Morgan fingerprint density at radius 3 is 2.83 bits per heavy atom. The minimum Gasteiger partial charge on any atom is -0.354 e. The Labute approximate surface area is 110 Å². The predicted octanol–water partition coefficient (Wildman–Crippen LogP) is 2.44. The second-order valence-corrected chi connectivity index (χ2v) is 4.86. The summed E-state index contributed by atoms with van der Waals surface area (Å²) in [5.41, 5.74) is 0.0592. The number of hydrogen-bond donors (Lipinski definition) is 1. The van der Waals surface area contributed by atoms with Crippen molar-refractivity contribution in [1.29, 1.82) is 5.26 Å². The largest absolute Gasteiger partial charge is 0.354 e. The maximum Gasteiger partial charge on any atom is 0.240 e. The van der Waals surface area contributed by atoms with Gasteiger partial charge in [0, 0.05) is 6.54 Å². The maximum atomic E-state index is 12.9. The predicted molar refractivity (Wildman–Crippen MR) is 65.4 cm³/mol. The van der Waals surface area contributed by atoms with Crippen LogP contribution >= 0.6 is 11.6 Å². The van der Waals surface area contributed by atoms with E-state index in [1.54, 1.807) is 12.1 Å². The van der Waals surface area contributed by atoms with Crippen molar-refractivity contribution in [2.45, 2.75) is 19.3 Å². The smallest absolute Gasteiger partial charge is 0.240 e. The highest BCUT2D eigenvalue weighted by molar-refractivity contribution is 6.30. The van der Waals surface area contributed by atoms with Crippen molar-refractivity contribution in [3.8, 4) is 6.07 Å². The van der Waals surface area contributed by atoms with Crippen LogP contribution in [0.2, 0.25) is 5.02 Å². The lowest BCUT2D eigenvalue weighted by Crippen LogP contribution is -2.32. The van der Waals surface area contributed by atoms with Crippen LogP contribution in [-0.4, -0.2) is 12.5 Å². The first-order valence-corrected chi connectivity index (χ1v) is 6.09. The third-order valence-corrected chi connectivity index (χ3v) is 3.37. The monoisotopic (exact) mass is 266 g/mol. The number of rotatable bonds is 4. The van der Waals surface area contributed by atoms with Crippen molar-refractivity contribution < 1.29 is 9.18 Å². The molecule has 0 radical (unpaired) electrons. The lowest BCUT2D eigenvalue weighted by molar-refractivity contribution is -0.124. The fraction of sp³-hybridized carbons (Fsp3) is 0.385. The molecular formula is C13H12ClFN2O. The zero-order valence-electron chi connectivity index (χ0n) is 9.67. The van der Waals surface area contributed by atoms with Crippen molar-refractivity contribution in [2.24, 2.45) is 5.41 Å². The van der Waals surface area contributed by atoms with E-state index >= 15 is 0 Å². The molecule has 0 spiro atoms. The summed E-state index contributed by atoms with van der Waals surface area (Å²) < 4.78 is 12.9. The minimum atomic E-state index is -0.791. The highest BCUT2D eigenvalue weighted by Gasteiger charge is 2.50. The number of halogens is 2. The molecule has 0 bridgehead atoms. The van der Waals surface area contributed by atoms with E-state index in [9.17, 15) is 9.18 Å². The molecule has 0 atom stereocenters. The summed E-state index contributed by atoms with van der Waals surface area (Å²) in [6.07, 6.45) is 1.84. The van der Waals surface area contributed by atoms with Crippen molar-refractivity contribution in [3.63, 3.8) is 0 Å². The van der Waals surface area contributed by atoms with E-state index in [0.29, 0.717) is 25.8 Å². The van der Waals surface area contributed by atoms with Crippen LogP contribution in [0.4, 0.5) is 4.39 Å². The van der Waals surface area contributed by atoms with Crippen molar-refractivity contribution in [1.82, 2.24) is 5.32 Å². The molecule has 1 amide bonds. The topological polar surface area (TPSA) is 52.9 Å². The van der Waals surface area contributed by atoms with Crippen molar-refractivity contribution in [3.05, 3.63) is 34.6 Å². The van der Waals surface area contributed by atoms with E-state index in [0.717, 1.165) is 5.56 Å². The van der Waals surface area contributed by atoms with Crippen LogP contribution in [0.25, 0.3) is 0 Å². The van der Waals surface area contributed by atoms with E-state index in [2.05, 4.69) is 5.32 Å². The molecule has 0 aromatic heterocycles. The lowest BCUT2D eigenvalue weighted by Gasteiger charge is -2.08. The number of nitrogens with one attached hydrogen (secondary N) is 1. The second kappa shape index (κ2) is 4.95. The number of carbonyl (C=O) groups excluding carboxylic acids is 1. The van der Waals surface area contributed by atoms with Crippen LogP contribution in [0, 0.1) is 22.6 Å². The number of nitriles is 1. The lowest BCUT2D eigenvalue weighted by atomic mass is 10.1. The van der Waals surface area contributed by atoms with Crippen LogP contribution < -0.4 is 5.32 Å². The number of carbonyl (C=O) groups is 1. The van der Waals surface area contributed by atoms with E-state index in [4.69, 9.17) is 16.9 Å². The second-order valence-electron chi connectivity index (χ2n) is 4.45. The Morgan fingerprint density at radius 2 is 2.28 bits per heavy atom. The van der Waals surface area contributed by atoms with Gasteiger partial charge in [0.05, 0.1) is 11.1 Å². The molecular weight excluding hydrogens is 255 g/mol. The Balaban J connectivity index is 1.84. The summed E-state index contributed by atoms with van der Waals surface area (Å²) in [6, 6.07) is 6.51. The van der Waals surface area contributed by atoms with Gasteiger partial charge in [0.25, 0.3) is 0 Å². The summed E-state index contributed by atoms with van der Waals surface area (Å²) >= 11 is 5.65. The molecule has 94 valence electrons. The number of nitrogens with zero attached hydrogens (tertiary/aromatic N) is 1. The molecule has 1 saturated carbocycles. The van der Waals surface area contributed by atoms with Crippen molar-refractivity contribution in [2.75, 3.05) is 6.54 Å². The van der Waals surface area contributed by atoms with Gasteiger partial charge in [-0.3, -0.25) is 4.79 Å². The number of hydrogen-bond acceptors (Lipinski definition) is 2. The Bertz CT molecular complexity index is 520. The molecule has 2 rings (SSSR count). The zero-order chi connectivity index (χ0) is 13.2. The standard InChI is InChI=1S/C13H12ClFN2O/c14-10-7-9(1-2-11(10)15)3-6-17-12(18)13(8-16)4-5-13/h1-2,7H,3-6H2,(H,17,18). The Hall–Kier alpha value is -1.60. The first-order chi connectivity index (χ1) is 8.57. The SMILES string of the molecule is N#CC1(C(=O)NCCc2ccc(F)c(Cl)c2)CC1. The van der Waals surface area contributed by atoms with Gasteiger partial charge in [0.15, 0.2) is 0 Å². The molecule has 5 heteroatoms. The van der Waals surface area contributed by atoms with Crippen LogP contribution in [0.15, 0.2) is 18.2 Å². The van der Waals surface area contributed by atoms with E-state index < -0.39 is 11.2 Å². The molecule has 1 aromatic carbocycles. The van der Waals surface area contributed by atoms with Gasteiger partial charge < -0.3 is 5.32 Å². The summed E-state index contributed by atoms with van der Waals surface area (Å²) in [7, 11) is 0. The first kappa shape index (κ1) is 12.8. The Morgan fingerprint density at radius 1 is 1.56 bits per heavy atom. The first-order valence-electron chi connectivity index (χ1n) is 5.71. The van der Waals surface area contributed by atoms with Crippen LogP contribution in [0.5, 0.6) is 0 Å². The summed E-state index contributed by atoms with van der Waals surface area (Å²) in [5.74, 6) is -0.663. The van der Waals surface area contributed by atoms with Gasteiger partial charge in [0.2, 0.25) is 5.91 Å². The van der Waals surface area contributed by atoms with Gasteiger partial charge in [-0.2, -0.15) is 5.26 Å². The average molecular weight is 267 g/mol. The fourth-order valence-corrected chi connectivity index (χ4v) is 1.90. The van der Waals surface area contributed by atoms with Crippen LogP contribution in [0.1, 0.15) is 18.4 Å². The van der Waals surface area contributed by atoms with Crippen molar-refractivity contribution >= 4 is 17.5 Å². The van der Waals surface area contributed by atoms with Gasteiger partial charge in [-0.1, -0.05) is 17.7 Å². The van der Waals surface area contributed by atoms with E-state index in [1.165, 1.54) is 6.07 Å². The molecule has 0 heterocycles. The fourth-order valence-electron chi connectivity index (χ4n) is 1.70. The van der Waals surface area contributed by atoms with E-state index in [-0.39, 0.29) is 10.9 Å². The number of amides is 1. The summed E-state index contributed by atoms with van der Waals surface area (Å²) in [6.45, 7) is 0.421. The normalized spacial score (nSPS) is 15.8. The van der Waals surface area contributed by atoms with Gasteiger partial charge in [0.1, 0.15) is 11.2 Å². The van der Waals surface area contributed by atoms with Gasteiger partial charge in [-0.05, 0) is 37.0 Å². The summed E-state index contributed by atoms with van der Waals surface area (Å²) in [4.78, 5) is 11.6. The number of benzene rings is 1. The minimum absolute atomic E-state index is 0.0783. The zero-order valence-corrected chi connectivity index (χ0v) is 10.4. The highest BCUT2D eigenvalue weighted by Crippen LogP contribution is 2.44. The molecule has 3 nitrogen and oxygen atoms in total. The van der Waals surface area contributed by atoms with E-state index in [1.807, 2.05) is 6.07 Å². The average Bonchev–Trinajstić information content (AvgIpc) is 3.14. The van der Waals surface area contributed by atoms with Gasteiger partial charge >= 0.3 is 0 Å². The third kappa shape index (κ3) is 2.62. The molecule has 1 aliphatic carbocycles. The molecule has 1 N–H and O–H groups in total. The summed E-state index contributed by atoms with van der Waals surface area (Å²) in [5, 5.41) is 11.6. The maximum absolute atomic E-state index is 12.9. The molecule has 0 saturated heterocycles. The Kier molecular flexibility index (Phi) is 3.53. The highest BCUT2D eigenvalue weighted by atomic mass is 35.5.